The minimum absolute atomic E-state index is 0.274. The van der Waals surface area contributed by atoms with Crippen molar-refractivity contribution in [3.63, 3.8) is 0 Å². The Labute approximate surface area is 123 Å². The van der Waals surface area contributed by atoms with Crippen LogP contribution in [-0.4, -0.2) is 97.7 Å². The van der Waals surface area contributed by atoms with Gasteiger partial charge in [-0.1, -0.05) is 0 Å². The molecule has 6 heteroatoms. The second-order valence-electron chi connectivity index (χ2n) is 5.80. The molecule has 0 unspecified atom stereocenters. The van der Waals surface area contributed by atoms with Crippen LogP contribution in [0.3, 0.4) is 0 Å². The number of nitrogens with one attached hydrogen (secondary N) is 2. The zero-order valence-corrected chi connectivity index (χ0v) is 13.0. The zero-order chi connectivity index (χ0) is 14.8. The van der Waals surface area contributed by atoms with E-state index in [1.54, 1.807) is 0 Å². The van der Waals surface area contributed by atoms with E-state index < -0.39 is 0 Å². The van der Waals surface area contributed by atoms with Crippen molar-refractivity contribution in [3.05, 3.63) is 0 Å². The summed E-state index contributed by atoms with van der Waals surface area (Å²) in [6.07, 6.45) is -0.547. The highest BCUT2D eigenvalue weighted by atomic mass is 16.3. The molecule has 1 heterocycles. The highest BCUT2D eigenvalue weighted by molar-refractivity contribution is 4.69. The fourth-order valence-corrected chi connectivity index (χ4v) is 2.53. The fourth-order valence-electron chi connectivity index (χ4n) is 2.53. The predicted octanol–water partition coefficient (Wildman–Crippen LogP) is -1.46. The second-order valence-corrected chi connectivity index (χ2v) is 5.80. The van der Waals surface area contributed by atoms with Crippen LogP contribution in [0.2, 0.25) is 0 Å². The van der Waals surface area contributed by atoms with Gasteiger partial charge in [0.05, 0.1) is 12.2 Å². The maximum Gasteiger partial charge on any atom is 0.0639 e. The molecule has 0 aromatic rings. The summed E-state index contributed by atoms with van der Waals surface area (Å²) in [6.45, 7) is 12.7. The van der Waals surface area contributed by atoms with Crippen LogP contribution in [0.4, 0.5) is 0 Å². The SMILES string of the molecule is C[C@@H](O)CN1CCNCCN(C[C@@H](C)O)CCNCC1. The number of nitrogens with zero attached hydrogens (tertiary/aromatic N) is 2. The Morgan fingerprint density at radius 1 is 0.750 bits per heavy atom. The van der Waals surface area contributed by atoms with E-state index in [2.05, 4.69) is 20.4 Å². The van der Waals surface area contributed by atoms with Gasteiger partial charge < -0.3 is 20.8 Å². The number of rotatable bonds is 4. The van der Waals surface area contributed by atoms with E-state index in [1.807, 2.05) is 13.8 Å². The Kier molecular flexibility index (Phi) is 9.33. The smallest absolute Gasteiger partial charge is 0.0639 e. The van der Waals surface area contributed by atoms with Crippen LogP contribution in [-0.2, 0) is 0 Å². The summed E-state index contributed by atoms with van der Waals surface area (Å²) in [5, 5.41) is 25.9. The Hall–Kier alpha value is -0.240. The van der Waals surface area contributed by atoms with E-state index in [4.69, 9.17) is 0 Å². The molecule has 20 heavy (non-hydrogen) atoms. The van der Waals surface area contributed by atoms with Crippen molar-refractivity contribution >= 4 is 0 Å². The standard InChI is InChI=1S/C14H32N4O2/c1-13(19)11-17-7-3-15-5-9-18(12-14(2)20)10-6-16-4-8-17/h13-16,19-20H,3-12H2,1-2H3/t13-,14-/m1/s1. The normalized spacial score (nSPS) is 24.6. The van der Waals surface area contributed by atoms with Crippen LogP contribution in [0.15, 0.2) is 0 Å². The summed E-state index contributed by atoms with van der Waals surface area (Å²) >= 11 is 0. The Morgan fingerprint density at radius 3 is 1.30 bits per heavy atom. The largest absolute Gasteiger partial charge is 0.392 e. The third-order valence-corrected chi connectivity index (χ3v) is 3.46. The minimum Gasteiger partial charge on any atom is -0.392 e. The van der Waals surface area contributed by atoms with Crippen LogP contribution >= 0.6 is 0 Å². The van der Waals surface area contributed by atoms with Gasteiger partial charge >= 0.3 is 0 Å². The number of hydrogen-bond donors (Lipinski definition) is 4. The van der Waals surface area contributed by atoms with E-state index in [1.165, 1.54) is 0 Å². The lowest BCUT2D eigenvalue weighted by Crippen LogP contribution is -2.45. The van der Waals surface area contributed by atoms with Gasteiger partial charge in [0, 0.05) is 65.4 Å². The maximum absolute atomic E-state index is 9.50. The maximum atomic E-state index is 9.50. The van der Waals surface area contributed by atoms with E-state index in [-0.39, 0.29) is 12.2 Å². The van der Waals surface area contributed by atoms with Crippen LogP contribution in [0.25, 0.3) is 0 Å². The molecule has 1 aliphatic rings. The topological polar surface area (TPSA) is 71.0 Å². The minimum atomic E-state index is -0.274. The van der Waals surface area contributed by atoms with Gasteiger partial charge in [0.15, 0.2) is 0 Å². The highest BCUT2D eigenvalue weighted by Gasteiger charge is 2.11. The first kappa shape index (κ1) is 17.8. The Morgan fingerprint density at radius 2 is 1.05 bits per heavy atom. The van der Waals surface area contributed by atoms with Crippen LogP contribution in [0.5, 0.6) is 0 Å². The molecule has 0 spiro atoms. The van der Waals surface area contributed by atoms with Crippen molar-refractivity contribution in [2.24, 2.45) is 0 Å². The lowest BCUT2D eigenvalue weighted by atomic mass is 10.3. The summed E-state index contributed by atoms with van der Waals surface area (Å²) in [7, 11) is 0. The molecule has 1 saturated heterocycles. The summed E-state index contributed by atoms with van der Waals surface area (Å²) in [5.74, 6) is 0. The lowest BCUT2D eigenvalue weighted by Gasteiger charge is -2.27. The Bertz CT molecular complexity index is 203. The number of aliphatic hydroxyl groups excluding tert-OH is 2. The molecule has 0 aromatic carbocycles. The van der Waals surface area contributed by atoms with Crippen molar-refractivity contribution in [2.75, 3.05) is 65.4 Å². The number of hydrogen-bond acceptors (Lipinski definition) is 6. The highest BCUT2D eigenvalue weighted by Crippen LogP contribution is 1.94. The average molecular weight is 288 g/mol. The Balaban J connectivity index is 2.34. The second kappa shape index (κ2) is 10.5. The molecule has 0 bridgehead atoms. The molecular weight excluding hydrogens is 256 g/mol. The van der Waals surface area contributed by atoms with Crippen molar-refractivity contribution in [3.8, 4) is 0 Å². The van der Waals surface area contributed by atoms with Gasteiger partial charge in [-0.3, -0.25) is 9.80 Å². The third-order valence-electron chi connectivity index (χ3n) is 3.46. The first-order valence-electron chi connectivity index (χ1n) is 7.80. The van der Waals surface area contributed by atoms with Gasteiger partial charge in [0.2, 0.25) is 0 Å². The fraction of sp³-hybridized carbons (Fsp3) is 1.00. The molecule has 1 rings (SSSR count). The molecular formula is C14H32N4O2. The summed E-state index contributed by atoms with van der Waals surface area (Å²) in [4.78, 5) is 4.58. The van der Waals surface area contributed by atoms with Gasteiger partial charge in [0.25, 0.3) is 0 Å². The quantitative estimate of drug-likeness (QED) is 0.507. The zero-order valence-electron chi connectivity index (χ0n) is 13.0. The van der Waals surface area contributed by atoms with E-state index >= 15 is 0 Å². The molecule has 0 radical (unpaired) electrons. The molecule has 0 aliphatic carbocycles. The monoisotopic (exact) mass is 288 g/mol. The van der Waals surface area contributed by atoms with Crippen LogP contribution < -0.4 is 10.6 Å². The van der Waals surface area contributed by atoms with Gasteiger partial charge in [0.1, 0.15) is 0 Å². The molecule has 4 N–H and O–H groups in total. The number of aliphatic hydroxyl groups is 2. The number of β-amino-alcohol motifs (C(OH)–C–C–N with tert-alkyl or cyclic N) is 2. The van der Waals surface area contributed by atoms with Gasteiger partial charge in [-0.15, -0.1) is 0 Å². The third kappa shape index (κ3) is 8.84. The first-order chi connectivity index (χ1) is 9.58. The molecule has 1 aliphatic heterocycles. The van der Waals surface area contributed by atoms with Crippen LogP contribution in [0.1, 0.15) is 13.8 Å². The molecule has 6 nitrogen and oxygen atoms in total. The molecule has 120 valence electrons. The van der Waals surface area contributed by atoms with E-state index in [0.29, 0.717) is 0 Å². The van der Waals surface area contributed by atoms with Crippen molar-refractivity contribution in [1.82, 2.24) is 20.4 Å². The van der Waals surface area contributed by atoms with Crippen molar-refractivity contribution in [1.29, 1.82) is 0 Å². The van der Waals surface area contributed by atoms with E-state index in [9.17, 15) is 10.2 Å². The molecule has 1 fully saturated rings. The lowest BCUT2D eigenvalue weighted by molar-refractivity contribution is 0.118. The summed E-state index contributed by atoms with van der Waals surface area (Å²) in [5.41, 5.74) is 0. The van der Waals surface area contributed by atoms with Gasteiger partial charge in [-0.2, -0.15) is 0 Å². The molecule has 2 atom stereocenters. The first-order valence-corrected chi connectivity index (χ1v) is 7.80. The van der Waals surface area contributed by atoms with E-state index in [0.717, 1.165) is 65.4 Å². The molecule has 0 saturated carbocycles. The van der Waals surface area contributed by atoms with Gasteiger partial charge in [-0.05, 0) is 13.8 Å². The molecule has 0 amide bonds. The summed E-state index contributed by atoms with van der Waals surface area (Å²) in [6, 6.07) is 0. The van der Waals surface area contributed by atoms with Gasteiger partial charge in [-0.25, -0.2) is 0 Å². The average Bonchev–Trinajstić information content (AvgIpc) is 2.33. The predicted molar refractivity (Wildman–Crippen MR) is 82.0 cm³/mol. The van der Waals surface area contributed by atoms with Crippen LogP contribution in [0, 0.1) is 0 Å². The summed E-state index contributed by atoms with van der Waals surface area (Å²) < 4.78 is 0. The van der Waals surface area contributed by atoms with Crippen molar-refractivity contribution < 1.29 is 10.2 Å². The molecule has 0 aromatic heterocycles. The van der Waals surface area contributed by atoms with Crippen molar-refractivity contribution in [2.45, 2.75) is 26.1 Å².